The predicted octanol–water partition coefficient (Wildman–Crippen LogP) is 1.15. The third kappa shape index (κ3) is 2.65. The van der Waals surface area contributed by atoms with Crippen LogP contribution in [-0.2, 0) is 0 Å². The van der Waals surface area contributed by atoms with Crippen LogP contribution >= 0.6 is 11.8 Å². The van der Waals surface area contributed by atoms with Gasteiger partial charge in [0.15, 0.2) is 0 Å². The van der Waals surface area contributed by atoms with Crippen LogP contribution in [0, 0.1) is 0 Å². The minimum absolute atomic E-state index is 0.0527. The molecule has 0 spiro atoms. The molecule has 3 heteroatoms. The van der Waals surface area contributed by atoms with Gasteiger partial charge in [-0.1, -0.05) is 0 Å². The first-order valence-electron chi connectivity index (χ1n) is 4.15. The van der Waals surface area contributed by atoms with E-state index in [2.05, 4.69) is 18.1 Å². The highest BCUT2D eigenvalue weighted by Crippen LogP contribution is 2.18. The molecule has 0 radical (unpaired) electrons. The normalized spacial score (nSPS) is 34.1. The van der Waals surface area contributed by atoms with Gasteiger partial charge in [-0.2, -0.15) is 0 Å². The first-order chi connectivity index (χ1) is 5.24. The molecule has 1 N–H and O–H groups in total. The van der Waals surface area contributed by atoms with E-state index in [1.807, 2.05) is 11.8 Å². The van der Waals surface area contributed by atoms with E-state index in [0.29, 0.717) is 6.04 Å². The molecule has 1 heterocycles. The third-order valence-corrected chi connectivity index (χ3v) is 2.87. The summed E-state index contributed by atoms with van der Waals surface area (Å²) in [6.07, 6.45) is 3.96. The Balaban J connectivity index is 2.31. The lowest BCUT2D eigenvalue weighted by Crippen LogP contribution is -2.42. The van der Waals surface area contributed by atoms with Gasteiger partial charge in [-0.25, -0.2) is 0 Å². The fourth-order valence-corrected chi connectivity index (χ4v) is 2.27. The molecule has 0 aliphatic carbocycles. The number of thioether (sulfide) groups is 1. The quantitative estimate of drug-likeness (QED) is 0.681. The zero-order valence-electron chi connectivity index (χ0n) is 7.29. The number of nitrogens with zero attached hydrogens (tertiary/aromatic N) is 1. The topological polar surface area (TPSA) is 23.5 Å². The lowest BCUT2D eigenvalue weighted by atomic mass is 10.0. The van der Waals surface area contributed by atoms with Crippen molar-refractivity contribution in [3.05, 3.63) is 0 Å². The van der Waals surface area contributed by atoms with Crippen molar-refractivity contribution in [3.63, 3.8) is 0 Å². The monoisotopic (exact) mass is 175 g/mol. The van der Waals surface area contributed by atoms with Gasteiger partial charge in [0.25, 0.3) is 0 Å². The summed E-state index contributed by atoms with van der Waals surface area (Å²) >= 11 is 1.86. The zero-order valence-corrected chi connectivity index (χ0v) is 8.10. The zero-order chi connectivity index (χ0) is 8.27. The van der Waals surface area contributed by atoms with E-state index in [0.717, 1.165) is 25.3 Å². The Bertz CT molecular complexity index is 121. The van der Waals surface area contributed by atoms with Crippen LogP contribution in [0.15, 0.2) is 0 Å². The standard InChI is InChI=1S/C8H17NOS/c1-7-5-8(10)3-4-9(7)6-11-2/h7-8,10H,3-6H2,1-2H3/t7-,8-/m1/s1. The summed E-state index contributed by atoms with van der Waals surface area (Å²) in [6.45, 7) is 3.25. The van der Waals surface area contributed by atoms with Crippen molar-refractivity contribution in [2.24, 2.45) is 0 Å². The summed E-state index contributed by atoms with van der Waals surface area (Å²) in [5, 5.41) is 9.33. The second-order valence-corrected chi connectivity index (χ2v) is 4.09. The van der Waals surface area contributed by atoms with Gasteiger partial charge in [-0.15, -0.1) is 11.8 Å². The number of hydrogen-bond donors (Lipinski definition) is 1. The molecule has 2 nitrogen and oxygen atoms in total. The number of aliphatic hydroxyl groups excluding tert-OH is 1. The molecule has 0 aromatic carbocycles. The van der Waals surface area contributed by atoms with Crippen LogP contribution in [0.25, 0.3) is 0 Å². The van der Waals surface area contributed by atoms with Crippen LogP contribution in [-0.4, -0.2) is 40.8 Å². The van der Waals surface area contributed by atoms with Crippen molar-refractivity contribution < 1.29 is 5.11 Å². The van der Waals surface area contributed by atoms with Gasteiger partial charge in [0, 0.05) is 18.5 Å². The Morgan fingerprint density at radius 2 is 2.36 bits per heavy atom. The second kappa shape index (κ2) is 4.33. The summed E-state index contributed by atoms with van der Waals surface area (Å²) in [4.78, 5) is 2.43. The molecule has 1 saturated heterocycles. The first kappa shape index (κ1) is 9.36. The van der Waals surface area contributed by atoms with Crippen LogP contribution < -0.4 is 0 Å². The molecule has 0 amide bonds. The van der Waals surface area contributed by atoms with Crippen molar-refractivity contribution in [1.29, 1.82) is 0 Å². The fourth-order valence-electron chi connectivity index (χ4n) is 1.55. The van der Waals surface area contributed by atoms with Gasteiger partial charge in [0.1, 0.15) is 0 Å². The molecule has 1 aliphatic heterocycles. The second-order valence-electron chi connectivity index (χ2n) is 3.26. The summed E-state index contributed by atoms with van der Waals surface area (Å²) in [6, 6.07) is 0.561. The van der Waals surface area contributed by atoms with Crippen LogP contribution in [0.2, 0.25) is 0 Å². The highest BCUT2D eigenvalue weighted by atomic mass is 32.2. The Kier molecular flexibility index (Phi) is 3.69. The Morgan fingerprint density at radius 1 is 1.64 bits per heavy atom. The summed E-state index contributed by atoms with van der Waals surface area (Å²) in [5.74, 6) is 1.11. The molecular weight excluding hydrogens is 158 g/mol. The molecule has 11 heavy (non-hydrogen) atoms. The van der Waals surface area contributed by atoms with Crippen molar-refractivity contribution >= 4 is 11.8 Å². The number of hydrogen-bond acceptors (Lipinski definition) is 3. The molecule has 0 saturated carbocycles. The smallest absolute Gasteiger partial charge is 0.0567 e. The minimum Gasteiger partial charge on any atom is -0.393 e. The SMILES string of the molecule is CSCN1CC[C@@H](O)C[C@H]1C. The average molecular weight is 175 g/mol. The number of rotatable bonds is 2. The van der Waals surface area contributed by atoms with E-state index in [1.165, 1.54) is 0 Å². The molecule has 1 aliphatic rings. The van der Waals surface area contributed by atoms with Crippen molar-refractivity contribution in [2.45, 2.75) is 31.9 Å². The molecule has 1 rings (SSSR count). The van der Waals surface area contributed by atoms with Crippen molar-refractivity contribution in [2.75, 3.05) is 18.7 Å². The van der Waals surface area contributed by atoms with Crippen molar-refractivity contribution in [1.82, 2.24) is 4.90 Å². The van der Waals surface area contributed by atoms with Gasteiger partial charge >= 0.3 is 0 Å². The summed E-state index contributed by atoms with van der Waals surface area (Å²) in [5.41, 5.74) is 0. The first-order valence-corrected chi connectivity index (χ1v) is 5.54. The van der Waals surface area contributed by atoms with E-state index >= 15 is 0 Å². The molecule has 2 atom stereocenters. The van der Waals surface area contributed by atoms with E-state index in [1.54, 1.807) is 0 Å². The van der Waals surface area contributed by atoms with Crippen molar-refractivity contribution in [3.8, 4) is 0 Å². The average Bonchev–Trinajstić information content (AvgIpc) is 1.95. The maximum atomic E-state index is 9.33. The number of likely N-dealkylation sites (tertiary alicyclic amines) is 1. The van der Waals surface area contributed by atoms with Gasteiger partial charge in [-0.05, 0) is 26.0 Å². The van der Waals surface area contributed by atoms with E-state index in [4.69, 9.17) is 0 Å². The maximum Gasteiger partial charge on any atom is 0.0567 e. The molecule has 0 bridgehead atoms. The Hall–Kier alpha value is 0.270. The molecule has 1 fully saturated rings. The summed E-state index contributed by atoms with van der Waals surface area (Å²) < 4.78 is 0. The van der Waals surface area contributed by atoms with Crippen LogP contribution in [0.4, 0.5) is 0 Å². The van der Waals surface area contributed by atoms with E-state index in [-0.39, 0.29) is 6.10 Å². The van der Waals surface area contributed by atoms with Gasteiger partial charge < -0.3 is 5.11 Å². The predicted molar refractivity (Wildman–Crippen MR) is 49.8 cm³/mol. The number of aliphatic hydroxyl groups is 1. The van der Waals surface area contributed by atoms with Gasteiger partial charge in [0.05, 0.1) is 6.10 Å². The lowest BCUT2D eigenvalue weighted by molar-refractivity contribution is 0.0591. The fraction of sp³-hybridized carbons (Fsp3) is 1.00. The number of piperidine rings is 1. The third-order valence-electron chi connectivity index (χ3n) is 2.28. The van der Waals surface area contributed by atoms with Crippen LogP contribution in [0.1, 0.15) is 19.8 Å². The highest BCUT2D eigenvalue weighted by molar-refractivity contribution is 7.98. The largest absolute Gasteiger partial charge is 0.393 e. The highest BCUT2D eigenvalue weighted by Gasteiger charge is 2.22. The lowest BCUT2D eigenvalue weighted by Gasteiger charge is -2.35. The molecule has 0 aromatic rings. The molecule has 0 aromatic heterocycles. The van der Waals surface area contributed by atoms with Crippen LogP contribution in [0.5, 0.6) is 0 Å². The van der Waals surface area contributed by atoms with E-state index in [9.17, 15) is 5.11 Å². The molecule has 0 unspecified atom stereocenters. The van der Waals surface area contributed by atoms with Crippen LogP contribution in [0.3, 0.4) is 0 Å². The van der Waals surface area contributed by atoms with E-state index < -0.39 is 0 Å². The Morgan fingerprint density at radius 3 is 2.91 bits per heavy atom. The Labute approximate surface area is 73.0 Å². The summed E-state index contributed by atoms with van der Waals surface area (Å²) in [7, 11) is 0. The minimum atomic E-state index is -0.0527. The van der Waals surface area contributed by atoms with Gasteiger partial charge in [-0.3, -0.25) is 4.90 Å². The maximum absolute atomic E-state index is 9.33. The van der Waals surface area contributed by atoms with Gasteiger partial charge in [0.2, 0.25) is 0 Å². The molecule has 66 valence electrons. The molecular formula is C8H17NOS.